The number of nitrogens with zero attached hydrogens (tertiary/aromatic N) is 3. The van der Waals surface area contributed by atoms with Crippen molar-refractivity contribution in [2.75, 3.05) is 58.4 Å². The molecule has 0 aliphatic heterocycles. The predicted octanol–water partition coefficient (Wildman–Crippen LogP) is 4.14. The highest BCUT2D eigenvalue weighted by Crippen LogP contribution is 2.19. The monoisotopic (exact) mass is 555 g/mol. The zero-order chi connectivity index (χ0) is 28.3. The summed E-state index contributed by atoms with van der Waals surface area (Å²) in [6.45, 7) is 6.42. The first-order valence-corrected chi connectivity index (χ1v) is 13.6. The molecule has 0 saturated heterocycles. The lowest BCUT2D eigenvalue weighted by Gasteiger charge is -2.38. The Balaban J connectivity index is 1.64. The number of halogens is 1. The molecule has 0 spiro atoms. The van der Waals surface area contributed by atoms with Crippen molar-refractivity contribution in [3.8, 4) is 11.5 Å². The summed E-state index contributed by atoms with van der Waals surface area (Å²) in [6.07, 6.45) is 4.01. The van der Waals surface area contributed by atoms with Crippen molar-refractivity contribution in [1.29, 1.82) is 0 Å². The number of aromatic nitrogens is 2. The van der Waals surface area contributed by atoms with Crippen LogP contribution < -0.4 is 26.3 Å². The first-order valence-electron chi connectivity index (χ1n) is 13.3. The molecule has 0 atom stereocenters. The van der Waals surface area contributed by atoms with E-state index >= 15 is 0 Å². The summed E-state index contributed by atoms with van der Waals surface area (Å²) in [7, 11) is 3.35. The van der Waals surface area contributed by atoms with Crippen LogP contribution in [0.15, 0.2) is 48.5 Å². The molecular weight excluding hydrogens is 516 g/mol. The van der Waals surface area contributed by atoms with Gasteiger partial charge in [-0.25, -0.2) is 9.97 Å². The van der Waals surface area contributed by atoms with Crippen LogP contribution in [0.3, 0.4) is 0 Å². The van der Waals surface area contributed by atoms with Gasteiger partial charge in [-0.15, -0.1) is 0 Å². The number of nitrogen functional groups attached to an aromatic ring is 2. The number of hydrogen-bond donors (Lipinski definition) is 3. The van der Waals surface area contributed by atoms with Gasteiger partial charge in [-0.1, -0.05) is 35.9 Å². The van der Waals surface area contributed by atoms with E-state index in [0.717, 1.165) is 67.8 Å². The lowest BCUT2D eigenvalue weighted by atomic mass is 10.1. The maximum atomic E-state index is 12.8. The molecule has 0 aliphatic rings. The summed E-state index contributed by atoms with van der Waals surface area (Å²) in [5.74, 6) is 1.28. The molecule has 210 valence electrons. The van der Waals surface area contributed by atoms with Gasteiger partial charge in [0.15, 0.2) is 22.5 Å². The van der Waals surface area contributed by atoms with Crippen LogP contribution >= 0.6 is 11.6 Å². The molecule has 0 radical (unpaired) electrons. The van der Waals surface area contributed by atoms with Crippen molar-refractivity contribution in [3.05, 3.63) is 70.5 Å². The van der Waals surface area contributed by atoms with Gasteiger partial charge in [0, 0.05) is 12.8 Å². The second-order valence-corrected chi connectivity index (χ2v) is 9.98. The fourth-order valence-corrected chi connectivity index (χ4v) is 4.86. The molecule has 0 fully saturated rings. The van der Waals surface area contributed by atoms with Crippen molar-refractivity contribution in [2.45, 2.75) is 32.6 Å². The summed E-state index contributed by atoms with van der Waals surface area (Å²) < 4.78 is 11.4. The molecule has 39 heavy (non-hydrogen) atoms. The fourth-order valence-electron chi connectivity index (χ4n) is 4.73. The largest absolute Gasteiger partial charge is 0.497 e. The minimum Gasteiger partial charge on any atom is -0.497 e. The number of methoxy groups -OCH3 is 2. The maximum Gasteiger partial charge on any atom is 0.273 e. The van der Waals surface area contributed by atoms with Gasteiger partial charge in [0.05, 0.1) is 46.9 Å². The van der Waals surface area contributed by atoms with Crippen molar-refractivity contribution in [3.63, 3.8) is 0 Å². The molecule has 0 unspecified atom stereocenters. The zero-order valence-corrected chi connectivity index (χ0v) is 23.8. The number of carbonyl (C=O) groups is 1. The predicted molar refractivity (Wildman–Crippen MR) is 156 cm³/mol. The molecular formula is C29H40ClN6O3+. The van der Waals surface area contributed by atoms with Gasteiger partial charge < -0.3 is 30.7 Å². The fraction of sp³-hybridized carbons (Fsp3) is 0.414. The third kappa shape index (κ3) is 8.73. The highest BCUT2D eigenvalue weighted by Gasteiger charge is 2.25. The molecule has 1 amide bonds. The molecule has 1 aromatic heterocycles. The van der Waals surface area contributed by atoms with Crippen LogP contribution in [0.1, 0.15) is 41.4 Å². The van der Waals surface area contributed by atoms with Gasteiger partial charge >= 0.3 is 0 Å². The number of likely N-dealkylation sites (N-methyl/N-ethyl adjacent to an activating group) is 1. The average Bonchev–Trinajstić information content (AvgIpc) is 2.95. The second-order valence-electron chi connectivity index (χ2n) is 9.62. The van der Waals surface area contributed by atoms with Crippen LogP contribution in [0, 0.1) is 0 Å². The minimum absolute atomic E-state index is 0.00102. The van der Waals surface area contributed by atoms with Crippen LogP contribution in [-0.2, 0) is 12.8 Å². The normalized spacial score (nSPS) is 11.3. The Hall–Kier alpha value is -3.56. The van der Waals surface area contributed by atoms with Crippen LogP contribution in [-0.4, -0.2) is 67.3 Å². The van der Waals surface area contributed by atoms with Crippen molar-refractivity contribution < 1.29 is 18.8 Å². The number of quaternary nitrogens is 1. The molecule has 1 heterocycles. The summed E-state index contributed by atoms with van der Waals surface area (Å²) in [6, 6.07) is 16.5. The van der Waals surface area contributed by atoms with E-state index in [1.54, 1.807) is 14.2 Å². The molecule has 0 aliphatic carbocycles. The topological polar surface area (TPSA) is 125 Å². The number of nitrogens with one attached hydrogen (secondary N) is 1. The molecule has 5 N–H and O–H groups in total. The maximum absolute atomic E-state index is 12.8. The minimum atomic E-state index is -0.410. The van der Waals surface area contributed by atoms with Gasteiger partial charge in [0.25, 0.3) is 5.91 Å². The number of rotatable bonds is 15. The summed E-state index contributed by atoms with van der Waals surface area (Å²) in [5, 5.41) is 2.92. The van der Waals surface area contributed by atoms with Crippen LogP contribution in [0.2, 0.25) is 5.15 Å². The number of anilines is 2. The molecule has 10 heteroatoms. The Labute approximate surface area is 236 Å². The number of carbonyl (C=O) groups excluding carboxylic acids is 1. The number of nitrogens with two attached hydrogens (primary N) is 2. The average molecular weight is 556 g/mol. The lowest BCUT2D eigenvalue weighted by molar-refractivity contribution is -0.925. The lowest BCUT2D eigenvalue weighted by Crippen LogP contribution is -2.53. The number of amides is 1. The first-order chi connectivity index (χ1) is 18.8. The highest BCUT2D eigenvalue weighted by atomic mass is 35.5. The van der Waals surface area contributed by atoms with Crippen molar-refractivity contribution in [2.24, 2.45) is 0 Å². The first kappa shape index (κ1) is 30.0. The standard InChI is InChI=1S/C29H39ClN6O3/c1-4-36(18-5-7-21-9-13-23(38-2)14-10-21,19-6-8-22-11-15-24(39-3)16-12-22)20-17-33-29(37)25-27(31)35-28(32)26(30)34-25/h9-16H,4-8,17-20H2,1-3H3,(H4-,31,32,33,35,37)/p+1. The SMILES string of the molecule is CC[N+](CCCc1ccc(OC)cc1)(CCCc1ccc(OC)cc1)CCNC(=O)c1nc(Cl)c(N)nc1N. The highest BCUT2D eigenvalue weighted by molar-refractivity contribution is 6.31. The Morgan fingerprint density at radius 3 is 1.82 bits per heavy atom. The van der Waals surface area contributed by atoms with E-state index in [0.29, 0.717) is 6.54 Å². The van der Waals surface area contributed by atoms with Crippen LogP contribution in [0.25, 0.3) is 0 Å². The van der Waals surface area contributed by atoms with Crippen LogP contribution in [0.4, 0.5) is 11.6 Å². The third-order valence-corrected chi connectivity index (χ3v) is 7.45. The molecule has 0 bridgehead atoms. The smallest absolute Gasteiger partial charge is 0.273 e. The summed E-state index contributed by atoms with van der Waals surface area (Å²) >= 11 is 5.96. The quantitative estimate of drug-likeness (QED) is 0.241. The van der Waals surface area contributed by atoms with E-state index in [9.17, 15) is 4.79 Å². The molecule has 2 aromatic carbocycles. The van der Waals surface area contributed by atoms with Crippen molar-refractivity contribution in [1.82, 2.24) is 15.3 Å². The van der Waals surface area contributed by atoms with E-state index < -0.39 is 5.91 Å². The Kier molecular flexibility index (Phi) is 11.2. The number of aryl methyl sites for hydroxylation is 2. The van der Waals surface area contributed by atoms with Crippen LogP contribution in [0.5, 0.6) is 11.5 Å². The zero-order valence-electron chi connectivity index (χ0n) is 23.1. The van der Waals surface area contributed by atoms with E-state index in [4.69, 9.17) is 32.5 Å². The number of benzene rings is 2. The van der Waals surface area contributed by atoms with Crippen molar-refractivity contribution >= 4 is 29.1 Å². The molecule has 3 aromatic rings. The number of hydrogen-bond acceptors (Lipinski definition) is 7. The summed E-state index contributed by atoms with van der Waals surface area (Å²) in [4.78, 5) is 20.7. The van der Waals surface area contributed by atoms with E-state index in [2.05, 4.69) is 46.5 Å². The van der Waals surface area contributed by atoms with E-state index in [1.165, 1.54) is 11.1 Å². The Morgan fingerprint density at radius 2 is 1.36 bits per heavy atom. The van der Waals surface area contributed by atoms with Gasteiger partial charge in [-0.2, -0.15) is 0 Å². The van der Waals surface area contributed by atoms with Gasteiger partial charge in [0.1, 0.15) is 11.5 Å². The summed E-state index contributed by atoms with van der Waals surface area (Å²) in [5.41, 5.74) is 14.1. The second kappa shape index (κ2) is 14.6. The van der Waals surface area contributed by atoms with E-state index in [1.807, 2.05) is 24.3 Å². The third-order valence-electron chi connectivity index (χ3n) is 7.18. The molecule has 9 nitrogen and oxygen atoms in total. The van der Waals surface area contributed by atoms with Gasteiger partial charge in [-0.3, -0.25) is 4.79 Å². The molecule has 3 rings (SSSR count). The molecule has 0 saturated carbocycles. The number of ether oxygens (including phenoxy) is 2. The van der Waals surface area contributed by atoms with Gasteiger partial charge in [0.2, 0.25) is 0 Å². The van der Waals surface area contributed by atoms with Gasteiger partial charge in [-0.05, 0) is 55.2 Å². The Bertz CT molecular complexity index is 1150. The van der Waals surface area contributed by atoms with E-state index in [-0.39, 0.29) is 22.5 Å². The Morgan fingerprint density at radius 1 is 0.846 bits per heavy atom.